The second-order valence-electron chi connectivity index (χ2n) is 20.9. The number of amidine groups is 1. The molecule has 2 fully saturated rings. The molecule has 2 spiro atoms. The van der Waals surface area contributed by atoms with Crippen molar-refractivity contribution in [3.8, 4) is 33.4 Å². The molecule has 332 valence electrons. The first-order valence-electron chi connectivity index (χ1n) is 25.7. The van der Waals surface area contributed by atoms with E-state index in [1.165, 1.54) is 119 Å². The topological polar surface area (TPSA) is 50.7 Å². The summed E-state index contributed by atoms with van der Waals surface area (Å²) in [6, 6.07) is 46.1. The first-order chi connectivity index (χ1) is 33.6. The summed E-state index contributed by atoms with van der Waals surface area (Å²) in [5.74, 6) is 2.92. The van der Waals surface area contributed by atoms with E-state index < -0.39 is 0 Å². The number of hydrogen-bond donors (Lipinski definition) is 1. The largest absolute Gasteiger partial charge is 0.460 e. The average Bonchev–Trinajstić information content (AvgIpc) is 4.12. The predicted molar refractivity (Wildman–Crippen MR) is 278 cm³/mol. The van der Waals surface area contributed by atoms with Gasteiger partial charge in [-0.1, -0.05) is 142 Å². The van der Waals surface area contributed by atoms with E-state index >= 15 is 0 Å². The van der Waals surface area contributed by atoms with Crippen molar-refractivity contribution in [2.24, 2.45) is 4.99 Å². The Bertz CT molecular complexity index is 3560. The highest BCUT2D eigenvalue weighted by Gasteiger charge is 2.49. The maximum Gasteiger partial charge on any atom is 0.136 e. The lowest BCUT2D eigenvalue weighted by Gasteiger charge is -2.37. The normalized spacial score (nSPS) is 20.2. The number of aliphatic imine (C=N–C) groups is 1. The van der Waals surface area contributed by atoms with Gasteiger partial charge in [-0.3, -0.25) is 4.99 Å². The van der Waals surface area contributed by atoms with E-state index in [4.69, 9.17) is 13.8 Å². The number of allylic oxidation sites excluding steroid dienone is 2. The molecule has 8 aromatic rings. The minimum Gasteiger partial charge on any atom is -0.460 e. The van der Waals surface area contributed by atoms with E-state index in [1.54, 1.807) is 22.3 Å². The van der Waals surface area contributed by atoms with Gasteiger partial charge >= 0.3 is 0 Å². The van der Waals surface area contributed by atoms with Crippen LogP contribution in [-0.4, -0.2) is 11.9 Å². The fourth-order valence-corrected chi connectivity index (χ4v) is 14.4. The molecule has 2 aromatic heterocycles. The van der Waals surface area contributed by atoms with Crippen molar-refractivity contribution in [3.63, 3.8) is 0 Å². The summed E-state index contributed by atoms with van der Waals surface area (Å²) < 4.78 is 13.5. The zero-order chi connectivity index (χ0) is 44.6. The number of nitrogens with zero attached hydrogens (tertiary/aromatic N) is 1. The van der Waals surface area contributed by atoms with Crippen LogP contribution in [0.25, 0.3) is 72.7 Å². The second kappa shape index (κ2) is 14.8. The monoisotopic (exact) mass is 882 g/mol. The van der Waals surface area contributed by atoms with Gasteiger partial charge in [0.2, 0.25) is 0 Å². The Morgan fingerprint density at radius 2 is 1.29 bits per heavy atom. The minimum absolute atomic E-state index is 0.0602. The molecule has 1 N–H and O–H groups in total. The first-order valence-corrected chi connectivity index (χ1v) is 25.7. The molecule has 15 rings (SSSR count). The smallest absolute Gasteiger partial charge is 0.136 e. The van der Waals surface area contributed by atoms with Crippen molar-refractivity contribution < 1.29 is 8.83 Å². The molecular formula is C64H54N2O2. The molecule has 4 nitrogen and oxygen atoms in total. The molecule has 0 saturated heterocycles. The van der Waals surface area contributed by atoms with Crippen molar-refractivity contribution in [2.75, 3.05) is 0 Å². The van der Waals surface area contributed by atoms with E-state index in [0.717, 1.165) is 76.6 Å². The molecule has 7 aliphatic rings. The zero-order valence-corrected chi connectivity index (χ0v) is 38.6. The van der Waals surface area contributed by atoms with Gasteiger partial charge in [0.1, 0.15) is 34.6 Å². The van der Waals surface area contributed by atoms with Crippen LogP contribution in [0.15, 0.2) is 153 Å². The Balaban J connectivity index is 0.852. The van der Waals surface area contributed by atoms with Gasteiger partial charge in [0.25, 0.3) is 0 Å². The van der Waals surface area contributed by atoms with Gasteiger partial charge in [-0.15, -0.1) is 0 Å². The van der Waals surface area contributed by atoms with E-state index in [9.17, 15) is 0 Å². The number of furan rings is 2. The van der Waals surface area contributed by atoms with Crippen LogP contribution in [-0.2, 0) is 23.7 Å². The summed E-state index contributed by atoms with van der Waals surface area (Å²) in [5, 5.41) is 6.14. The fourth-order valence-electron chi connectivity index (χ4n) is 14.4. The molecular weight excluding hydrogens is 829 g/mol. The summed E-state index contributed by atoms with van der Waals surface area (Å²) in [7, 11) is 0. The Morgan fingerprint density at radius 3 is 2.16 bits per heavy atom. The number of nitrogens with one attached hydrogen (secondary N) is 1. The lowest BCUT2D eigenvalue weighted by molar-refractivity contribution is 0.350. The third kappa shape index (κ3) is 5.58. The molecule has 0 radical (unpaired) electrons. The van der Waals surface area contributed by atoms with Gasteiger partial charge in [-0.25, -0.2) is 0 Å². The molecule has 1 unspecified atom stereocenters. The van der Waals surface area contributed by atoms with Crippen LogP contribution < -0.4 is 5.32 Å². The minimum atomic E-state index is -0.232. The first kappa shape index (κ1) is 39.1. The Labute approximate surface area is 398 Å². The standard InChI is InChI=1S/C64H54N2O2/c1-4-16-39(17-5-1)62-65-55(41-26-28-45-44-19-7-9-25-57(44)67-59(45)35-41)38-56(66-62)47-22-14-21-46-49-34-40(27-29-58(49)68-61(46)47)42-20-15-24-52-60(42)50-37-53-48(36-54(50)64(52)32-12-3-13-33-64)43-18-6-8-23-51(43)63(53)30-10-2-11-31-63/h1,4-8,15-20,22-24,26-29,34-38,56H,2-3,9-14,21,25,30-33H2,(H,65,66). The number of benzene rings is 6. The highest BCUT2D eigenvalue weighted by molar-refractivity contribution is 6.07. The van der Waals surface area contributed by atoms with E-state index in [0.29, 0.717) is 0 Å². The van der Waals surface area contributed by atoms with Gasteiger partial charge in [0, 0.05) is 61.5 Å². The fraction of sp³-hybridized carbons (Fsp3) is 0.266. The zero-order valence-electron chi connectivity index (χ0n) is 38.6. The van der Waals surface area contributed by atoms with Crippen molar-refractivity contribution in [1.82, 2.24) is 5.32 Å². The summed E-state index contributed by atoms with van der Waals surface area (Å²) in [5.41, 5.74) is 23.8. The van der Waals surface area contributed by atoms with E-state index in [-0.39, 0.29) is 16.9 Å². The summed E-state index contributed by atoms with van der Waals surface area (Å²) in [6.45, 7) is 0. The molecule has 2 saturated carbocycles. The summed E-state index contributed by atoms with van der Waals surface area (Å²) >= 11 is 0. The molecule has 1 aliphatic heterocycles. The summed E-state index contributed by atoms with van der Waals surface area (Å²) in [6.07, 6.45) is 25.8. The quantitative estimate of drug-likeness (QED) is 0.192. The van der Waals surface area contributed by atoms with Crippen molar-refractivity contribution >= 4 is 45.1 Å². The van der Waals surface area contributed by atoms with Crippen LogP contribution in [0.1, 0.15) is 133 Å². The molecule has 6 aromatic carbocycles. The van der Waals surface area contributed by atoms with E-state index in [1.807, 2.05) is 0 Å². The molecule has 4 heteroatoms. The molecule has 6 aliphatic carbocycles. The average molecular weight is 883 g/mol. The van der Waals surface area contributed by atoms with Gasteiger partial charge in [0.05, 0.1) is 0 Å². The van der Waals surface area contributed by atoms with Gasteiger partial charge in [0.15, 0.2) is 0 Å². The number of hydrogen-bond acceptors (Lipinski definition) is 4. The highest BCUT2D eigenvalue weighted by Crippen LogP contribution is 2.63. The van der Waals surface area contributed by atoms with Crippen LogP contribution in [0.2, 0.25) is 0 Å². The number of aryl methyl sites for hydroxylation is 2. The van der Waals surface area contributed by atoms with Crippen molar-refractivity contribution in [1.29, 1.82) is 0 Å². The third-order valence-corrected chi connectivity index (χ3v) is 17.5. The Hall–Kier alpha value is -6.91. The molecule has 0 amide bonds. The lowest BCUT2D eigenvalue weighted by Crippen LogP contribution is -2.30. The van der Waals surface area contributed by atoms with Crippen LogP contribution in [0.4, 0.5) is 0 Å². The Morgan fingerprint density at radius 1 is 0.544 bits per heavy atom. The van der Waals surface area contributed by atoms with Crippen LogP contribution in [0.5, 0.6) is 0 Å². The van der Waals surface area contributed by atoms with Crippen LogP contribution in [0.3, 0.4) is 0 Å². The lowest BCUT2D eigenvalue weighted by atomic mass is 9.66. The van der Waals surface area contributed by atoms with Gasteiger partial charge in [-0.05, 0) is 143 Å². The van der Waals surface area contributed by atoms with Crippen LogP contribution in [0, 0.1) is 0 Å². The highest BCUT2D eigenvalue weighted by atomic mass is 16.3. The predicted octanol–water partition coefficient (Wildman–Crippen LogP) is 16.1. The SMILES string of the molecule is C1=Cc2c(oc3cc(C4=CC(C5=CCCc6c5oc5ccc(-c7cccc8c7-c7cc9c(cc7C87CCCCC7)-c7ccccc7C97CCCCC7)cc65)N=C(c5ccccc5)N4)ccc23)CC1. The number of fused-ring (bicyclic) bond motifs is 16. The Kier molecular flexibility index (Phi) is 8.51. The maximum atomic E-state index is 7.01. The molecule has 1 atom stereocenters. The second-order valence-corrected chi connectivity index (χ2v) is 20.9. The van der Waals surface area contributed by atoms with Gasteiger partial charge in [-0.2, -0.15) is 0 Å². The van der Waals surface area contributed by atoms with E-state index in [2.05, 4.69) is 151 Å². The van der Waals surface area contributed by atoms with Crippen molar-refractivity contribution in [2.45, 2.75) is 107 Å². The maximum absolute atomic E-state index is 7.01. The molecule has 0 bridgehead atoms. The molecule has 3 heterocycles. The van der Waals surface area contributed by atoms with Crippen LogP contribution >= 0.6 is 0 Å². The third-order valence-electron chi connectivity index (χ3n) is 17.5. The molecule has 68 heavy (non-hydrogen) atoms. The van der Waals surface area contributed by atoms with Gasteiger partial charge < -0.3 is 14.2 Å². The number of rotatable bonds is 4. The van der Waals surface area contributed by atoms with Crippen molar-refractivity contribution in [3.05, 3.63) is 196 Å². The summed E-state index contributed by atoms with van der Waals surface area (Å²) in [4.78, 5) is 5.44.